The Morgan fingerprint density at radius 2 is 1.96 bits per heavy atom. The number of benzene rings is 2. The van der Waals surface area contributed by atoms with Crippen molar-refractivity contribution in [1.29, 1.82) is 5.26 Å². The van der Waals surface area contributed by atoms with Crippen LogP contribution in [0.25, 0.3) is 6.08 Å². The molecule has 0 saturated carbocycles. The molecule has 0 atom stereocenters. The number of rotatable bonds is 6. The fraction of sp³-hybridized carbons (Fsp3) is 0.158. The van der Waals surface area contributed by atoms with Gasteiger partial charge in [0.05, 0.1) is 7.11 Å². The Kier molecular flexibility index (Phi) is 5.98. The minimum atomic E-state index is -0.430. The number of methoxy groups -OCH3 is 1. The molecule has 0 radical (unpaired) electrons. The lowest BCUT2D eigenvalue weighted by molar-refractivity contribution is -0.116. The predicted molar refractivity (Wildman–Crippen MR) is 91.4 cm³/mol. The van der Waals surface area contributed by atoms with Gasteiger partial charge < -0.3 is 14.8 Å². The van der Waals surface area contributed by atoms with Crippen molar-refractivity contribution in [3.63, 3.8) is 0 Å². The minimum absolute atomic E-state index is 0.0247. The Balaban J connectivity index is 2.25. The fourth-order valence-corrected chi connectivity index (χ4v) is 2.08. The average Bonchev–Trinajstić information content (AvgIpc) is 2.64. The molecule has 0 fully saturated rings. The Labute approximate surface area is 141 Å². The molecule has 24 heavy (non-hydrogen) atoms. The minimum Gasteiger partial charge on any atom is -0.493 e. The molecule has 0 heterocycles. The second kappa shape index (κ2) is 8.39. The van der Waals surface area contributed by atoms with E-state index in [4.69, 9.17) is 14.7 Å². The van der Waals surface area contributed by atoms with Crippen molar-refractivity contribution in [2.75, 3.05) is 14.2 Å². The number of likely N-dealkylation sites (N-methyl/N-ethyl adjacent to an activating group) is 1. The summed E-state index contributed by atoms with van der Waals surface area (Å²) < 4.78 is 11.1. The van der Waals surface area contributed by atoms with Crippen LogP contribution in [0.2, 0.25) is 0 Å². The highest BCUT2D eigenvalue weighted by atomic mass is 16.5. The Bertz CT molecular complexity index is 777. The summed E-state index contributed by atoms with van der Waals surface area (Å²) in [7, 11) is 3.04. The highest BCUT2D eigenvalue weighted by Crippen LogP contribution is 2.29. The smallest absolute Gasteiger partial charge is 0.261 e. The van der Waals surface area contributed by atoms with Crippen LogP contribution in [0, 0.1) is 11.3 Å². The highest BCUT2D eigenvalue weighted by molar-refractivity contribution is 6.01. The van der Waals surface area contributed by atoms with Gasteiger partial charge in [-0.25, -0.2) is 0 Å². The van der Waals surface area contributed by atoms with E-state index in [2.05, 4.69) is 5.32 Å². The van der Waals surface area contributed by atoms with Gasteiger partial charge >= 0.3 is 0 Å². The van der Waals surface area contributed by atoms with Gasteiger partial charge in [-0.2, -0.15) is 5.26 Å². The highest BCUT2D eigenvalue weighted by Gasteiger charge is 2.09. The zero-order valence-corrected chi connectivity index (χ0v) is 13.6. The van der Waals surface area contributed by atoms with Gasteiger partial charge in [0.2, 0.25) is 0 Å². The first-order valence-electron chi connectivity index (χ1n) is 7.36. The van der Waals surface area contributed by atoms with E-state index in [0.29, 0.717) is 23.7 Å². The number of nitrogens with one attached hydrogen (secondary N) is 1. The van der Waals surface area contributed by atoms with Crippen molar-refractivity contribution in [3.05, 3.63) is 65.2 Å². The second-order valence-electron chi connectivity index (χ2n) is 4.93. The first-order chi connectivity index (χ1) is 11.7. The van der Waals surface area contributed by atoms with E-state index < -0.39 is 5.91 Å². The molecule has 0 unspecified atom stereocenters. The maximum absolute atomic E-state index is 11.6. The lowest BCUT2D eigenvalue weighted by Crippen LogP contribution is -2.19. The summed E-state index contributed by atoms with van der Waals surface area (Å²) in [6.07, 6.45) is 1.51. The van der Waals surface area contributed by atoms with Crippen molar-refractivity contribution in [1.82, 2.24) is 5.32 Å². The third kappa shape index (κ3) is 4.37. The van der Waals surface area contributed by atoms with Gasteiger partial charge in [-0.1, -0.05) is 36.4 Å². The zero-order chi connectivity index (χ0) is 17.4. The molecule has 2 rings (SSSR count). The van der Waals surface area contributed by atoms with Gasteiger partial charge in [0, 0.05) is 7.05 Å². The summed E-state index contributed by atoms with van der Waals surface area (Å²) in [5, 5.41) is 11.5. The number of nitrogens with zero attached hydrogens (tertiary/aromatic N) is 1. The number of hydrogen-bond acceptors (Lipinski definition) is 4. The molecule has 0 aliphatic carbocycles. The number of nitriles is 1. The maximum Gasteiger partial charge on any atom is 0.261 e. The first kappa shape index (κ1) is 17.1. The van der Waals surface area contributed by atoms with E-state index in [1.54, 1.807) is 25.3 Å². The van der Waals surface area contributed by atoms with Crippen LogP contribution in [0.5, 0.6) is 11.5 Å². The van der Waals surface area contributed by atoms with Gasteiger partial charge in [-0.3, -0.25) is 4.79 Å². The van der Waals surface area contributed by atoms with Crippen LogP contribution >= 0.6 is 0 Å². The normalized spacial score (nSPS) is 10.6. The SMILES string of the molecule is CNC(=O)/C(C#N)=C/c1ccc(OC)c(OCc2ccccc2)c1. The van der Waals surface area contributed by atoms with Crippen molar-refractivity contribution in [3.8, 4) is 17.6 Å². The summed E-state index contributed by atoms with van der Waals surface area (Å²) in [5.41, 5.74) is 1.74. The van der Waals surface area contributed by atoms with Crippen LogP contribution in [0.4, 0.5) is 0 Å². The summed E-state index contributed by atoms with van der Waals surface area (Å²) in [5.74, 6) is 0.700. The van der Waals surface area contributed by atoms with E-state index in [1.165, 1.54) is 13.1 Å². The summed E-state index contributed by atoms with van der Waals surface area (Å²) in [6.45, 7) is 0.394. The van der Waals surface area contributed by atoms with Crippen molar-refractivity contribution in [2.45, 2.75) is 6.61 Å². The molecule has 2 aromatic rings. The van der Waals surface area contributed by atoms with Crippen LogP contribution in [-0.2, 0) is 11.4 Å². The molecule has 1 N–H and O–H groups in total. The molecular weight excluding hydrogens is 304 g/mol. The summed E-state index contributed by atoms with van der Waals surface area (Å²) in [4.78, 5) is 11.6. The third-order valence-corrected chi connectivity index (χ3v) is 3.33. The van der Waals surface area contributed by atoms with E-state index in [0.717, 1.165) is 5.56 Å². The maximum atomic E-state index is 11.6. The summed E-state index contributed by atoms with van der Waals surface area (Å²) in [6, 6.07) is 16.9. The number of amides is 1. The van der Waals surface area contributed by atoms with E-state index >= 15 is 0 Å². The van der Waals surface area contributed by atoms with Crippen LogP contribution in [0.1, 0.15) is 11.1 Å². The molecule has 0 bridgehead atoms. The number of ether oxygens (including phenoxy) is 2. The van der Waals surface area contributed by atoms with Crippen LogP contribution in [-0.4, -0.2) is 20.1 Å². The Morgan fingerprint density at radius 3 is 2.58 bits per heavy atom. The molecule has 1 amide bonds. The molecule has 5 heteroatoms. The predicted octanol–water partition coefficient (Wildman–Crippen LogP) is 2.93. The Morgan fingerprint density at radius 1 is 1.21 bits per heavy atom. The fourth-order valence-electron chi connectivity index (χ4n) is 2.08. The van der Waals surface area contributed by atoms with Crippen molar-refractivity contribution in [2.24, 2.45) is 0 Å². The topological polar surface area (TPSA) is 71.4 Å². The van der Waals surface area contributed by atoms with Crippen molar-refractivity contribution >= 4 is 12.0 Å². The van der Waals surface area contributed by atoms with Gasteiger partial charge in [0.15, 0.2) is 11.5 Å². The largest absolute Gasteiger partial charge is 0.493 e. The lowest BCUT2D eigenvalue weighted by Gasteiger charge is -2.11. The molecule has 0 aliphatic heterocycles. The van der Waals surface area contributed by atoms with Gasteiger partial charge in [-0.05, 0) is 29.3 Å². The summed E-state index contributed by atoms with van der Waals surface area (Å²) >= 11 is 0. The third-order valence-electron chi connectivity index (χ3n) is 3.33. The molecule has 5 nitrogen and oxygen atoms in total. The molecule has 2 aromatic carbocycles. The zero-order valence-electron chi connectivity index (χ0n) is 13.6. The van der Waals surface area contributed by atoms with Crippen molar-refractivity contribution < 1.29 is 14.3 Å². The number of hydrogen-bond donors (Lipinski definition) is 1. The first-order valence-corrected chi connectivity index (χ1v) is 7.36. The monoisotopic (exact) mass is 322 g/mol. The van der Waals surface area contributed by atoms with Crippen LogP contribution in [0.15, 0.2) is 54.1 Å². The van der Waals surface area contributed by atoms with E-state index in [1.807, 2.05) is 36.4 Å². The molecule has 0 spiro atoms. The quantitative estimate of drug-likeness (QED) is 0.655. The van der Waals surface area contributed by atoms with E-state index in [9.17, 15) is 4.79 Å². The lowest BCUT2D eigenvalue weighted by atomic mass is 10.1. The molecule has 0 aliphatic rings. The standard InChI is InChI=1S/C19H18N2O3/c1-21-19(22)16(12-20)10-15-8-9-17(23-2)18(11-15)24-13-14-6-4-3-5-7-14/h3-11H,13H2,1-2H3,(H,21,22)/b16-10+. The van der Waals surface area contributed by atoms with Crippen LogP contribution < -0.4 is 14.8 Å². The molecular formula is C19H18N2O3. The Hall–Kier alpha value is -3.26. The average molecular weight is 322 g/mol. The van der Waals surface area contributed by atoms with Gasteiger partial charge in [0.25, 0.3) is 5.91 Å². The number of carbonyl (C=O) groups is 1. The number of carbonyl (C=O) groups excluding carboxylic acids is 1. The second-order valence-corrected chi connectivity index (χ2v) is 4.93. The van der Waals surface area contributed by atoms with Crippen LogP contribution in [0.3, 0.4) is 0 Å². The van der Waals surface area contributed by atoms with E-state index in [-0.39, 0.29) is 5.57 Å². The molecule has 0 aromatic heterocycles. The molecule has 122 valence electrons. The van der Waals surface area contributed by atoms with Gasteiger partial charge in [0.1, 0.15) is 18.2 Å². The molecule has 0 saturated heterocycles. The van der Waals surface area contributed by atoms with Gasteiger partial charge in [-0.15, -0.1) is 0 Å².